The Labute approximate surface area is 116 Å². The van der Waals surface area contributed by atoms with E-state index in [-0.39, 0.29) is 6.04 Å². The van der Waals surface area contributed by atoms with Crippen LogP contribution in [0.5, 0.6) is 0 Å². The van der Waals surface area contributed by atoms with Gasteiger partial charge in [0, 0.05) is 21.7 Å². The van der Waals surface area contributed by atoms with Crippen molar-refractivity contribution >= 4 is 34.6 Å². The van der Waals surface area contributed by atoms with Gasteiger partial charge in [-0.3, -0.25) is 0 Å². The van der Waals surface area contributed by atoms with Crippen LogP contribution in [0.1, 0.15) is 19.3 Å². The number of nitrogens with zero attached hydrogens (tertiary/aromatic N) is 1. The van der Waals surface area contributed by atoms with Crippen molar-refractivity contribution < 1.29 is 5.21 Å². The molecule has 1 aromatic carbocycles. The van der Waals surface area contributed by atoms with Gasteiger partial charge in [-0.25, -0.2) is 0 Å². The fourth-order valence-corrected chi connectivity index (χ4v) is 3.76. The van der Waals surface area contributed by atoms with Crippen LogP contribution in [0.3, 0.4) is 0 Å². The Balaban J connectivity index is 1.84. The molecule has 0 spiro atoms. The Morgan fingerprint density at radius 1 is 1.17 bits per heavy atom. The van der Waals surface area contributed by atoms with Gasteiger partial charge in [0.25, 0.3) is 0 Å². The smallest absolute Gasteiger partial charge is 0.0826 e. The lowest BCUT2D eigenvalue weighted by Gasteiger charge is -2.25. The number of nitrogens with one attached hydrogen (secondary N) is 1. The van der Waals surface area contributed by atoms with Crippen molar-refractivity contribution in [3.63, 3.8) is 0 Å². The first-order valence-corrected chi connectivity index (χ1v) is 6.87. The Morgan fingerprint density at radius 2 is 1.89 bits per heavy atom. The average Bonchev–Trinajstić information content (AvgIpc) is 2.88. The van der Waals surface area contributed by atoms with E-state index in [9.17, 15) is 0 Å². The minimum atomic E-state index is 0.114. The predicted octanol–water partition coefficient (Wildman–Crippen LogP) is 4.03. The van der Waals surface area contributed by atoms with E-state index in [0.717, 1.165) is 24.2 Å². The highest BCUT2D eigenvalue weighted by Crippen LogP contribution is 2.44. The number of hydrogen-bond donors (Lipinski definition) is 2. The summed E-state index contributed by atoms with van der Waals surface area (Å²) in [7, 11) is 0. The van der Waals surface area contributed by atoms with E-state index in [4.69, 9.17) is 28.4 Å². The van der Waals surface area contributed by atoms with Gasteiger partial charge in [0.15, 0.2) is 0 Å². The maximum absolute atomic E-state index is 9.14. The summed E-state index contributed by atoms with van der Waals surface area (Å²) < 4.78 is 0. The number of rotatable bonds is 2. The summed E-state index contributed by atoms with van der Waals surface area (Å²) in [5.74, 6) is 0.991. The molecule has 0 amide bonds. The first-order valence-electron chi connectivity index (χ1n) is 6.12. The largest absolute Gasteiger partial charge is 0.411 e. The van der Waals surface area contributed by atoms with Crippen molar-refractivity contribution in [3.8, 4) is 0 Å². The summed E-state index contributed by atoms with van der Waals surface area (Å²) in [5.41, 5.74) is 1.76. The normalized spacial score (nSPS) is 32.1. The van der Waals surface area contributed by atoms with E-state index in [1.807, 2.05) is 12.1 Å². The highest BCUT2D eigenvalue weighted by Gasteiger charge is 2.45. The first kappa shape index (κ1) is 12.1. The molecule has 2 N–H and O–H groups in total. The van der Waals surface area contributed by atoms with Gasteiger partial charge >= 0.3 is 0 Å². The number of fused-ring (bicyclic) bond motifs is 2. The summed E-state index contributed by atoms with van der Waals surface area (Å²) in [6, 6.07) is 5.50. The van der Waals surface area contributed by atoms with Crippen LogP contribution in [-0.2, 0) is 0 Å². The second-order valence-corrected chi connectivity index (χ2v) is 5.95. The van der Waals surface area contributed by atoms with Crippen molar-refractivity contribution in [1.29, 1.82) is 0 Å². The van der Waals surface area contributed by atoms with Gasteiger partial charge in [0.2, 0.25) is 0 Å². The fourth-order valence-electron chi connectivity index (χ4n) is 3.24. The molecule has 0 unspecified atom stereocenters. The molecule has 2 aliphatic carbocycles. The molecule has 96 valence electrons. The van der Waals surface area contributed by atoms with Crippen molar-refractivity contribution in [3.05, 3.63) is 28.2 Å². The number of halogens is 2. The van der Waals surface area contributed by atoms with Gasteiger partial charge in [-0.1, -0.05) is 28.4 Å². The first-order chi connectivity index (χ1) is 8.67. The molecule has 0 aliphatic heterocycles. The lowest BCUT2D eigenvalue weighted by Crippen LogP contribution is -2.35. The Kier molecular flexibility index (Phi) is 3.12. The molecule has 3 atom stereocenters. The maximum atomic E-state index is 9.14. The van der Waals surface area contributed by atoms with Crippen molar-refractivity contribution in [2.24, 2.45) is 17.0 Å². The Bertz CT molecular complexity index is 484. The number of oxime groups is 1. The van der Waals surface area contributed by atoms with Gasteiger partial charge in [-0.2, -0.15) is 0 Å². The minimum absolute atomic E-state index is 0.114. The van der Waals surface area contributed by atoms with Crippen LogP contribution < -0.4 is 5.32 Å². The van der Waals surface area contributed by atoms with E-state index in [2.05, 4.69) is 10.5 Å². The summed E-state index contributed by atoms with van der Waals surface area (Å²) in [6.07, 6.45) is 3.44. The van der Waals surface area contributed by atoms with Gasteiger partial charge in [-0.05, 0) is 43.4 Å². The highest BCUT2D eigenvalue weighted by molar-refractivity contribution is 6.35. The lowest BCUT2D eigenvalue weighted by molar-refractivity contribution is 0.312. The van der Waals surface area contributed by atoms with E-state index in [1.54, 1.807) is 6.07 Å². The second kappa shape index (κ2) is 4.63. The molecule has 2 fully saturated rings. The standard InChI is InChI=1S/C13H14Cl2N2O/c14-9-4-10(15)6-11(5-9)16-12-7-1-2-8(3-7)13(12)17-18/h4-8,12,16,18H,1-3H2/b17-13+/t7-,8+,12+/m1/s1. The van der Waals surface area contributed by atoms with Crippen molar-refractivity contribution in [1.82, 2.24) is 0 Å². The summed E-state index contributed by atoms with van der Waals surface area (Å²) in [4.78, 5) is 0. The third kappa shape index (κ3) is 2.06. The summed E-state index contributed by atoms with van der Waals surface area (Å²) in [5, 5.41) is 17.2. The van der Waals surface area contributed by atoms with Crippen LogP contribution in [0, 0.1) is 11.8 Å². The molecule has 0 heterocycles. The molecule has 3 rings (SSSR count). The molecule has 2 bridgehead atoms. The zero-order valence-electron chi connectivity index (χ0n) is 9.74. The van der Waals surface area contributed by atoms with E-state index < -0.39 is 0 Å². The predicted molar refractivity (Wildman–Crippen MR) is 73.9 cm³/mol. The molecule has 0 aromatic heterocycles. The van der Waals surface area contributed by atoms with Gasteiger partial charge in [0.1, 0.15) is 0 Å². The maximum Gasteiger partial charge on any atom is 0.0826 e. The average molecular weight is 285 g/mol. The van der Waals surface area contributed by atoms with Crippen LogP contribution >= 0.6 is 23.2 Å². The van der Waals surface area contributed by atoms with Crippen molar-refractivity contribution in [2.45, 2.75) is 25.3 Å². The molecule has 1 aromatic rings. The molecule has 3 nitrogen and oxygen atoms in total. The van der Waals surface area contributed by atoms with Crippen LogP contribution in [0.4, 0.5) is 5.69 Å². The Hall–Kier alpha value is -0.930. The van der Waals surface area contributed by atoms with Gasteiger partial charge < -0.3 is 10.5 Å². The topological polar surface area (TPSA) is 44.6 Å². The van der Waals surface area contributed by atoms with Crippen LogP contribution in [-0.4, -0.2) is 17.0 Å². The zero-order valence-corrected chi connectivity index (χ0v) is 11.2. The van der Waals surface area contributed by atoms with E-state index >= 15 is 0 Å². The molecule has 0 saturated heterocycles. The second-order valence-electron chi connectivity index (χ2n) is 5.08. The fraction of sp³-hybridized carbons (Fsp3) is 0.462. The summed E-state index contributed by atoms with van der Waals surface area (Å²) in [6.45, 7) is 0. The van der Waals surface area contributed by atoms with Gasteiger partial charge in [-0.15, -0.1) is 0 Å². The summed E-state index contributed by atoms with van der Waals surface area (Å²) >= 11 is 12.0. The van der Waals surface area contributed by atoms with Crippen molar-refractivity contribution in [2.75, 3.05) is 5.32 Å². The number of benzene rings is 1. The Morgan fingerprint density at radius 3 is 2.56 bits per heavy atom. The molecule has 18 heavy (non-hydrogen) atoms. The SMILES string of the molecule is O/N=C1\[C@H]2CC[C@H](C2)[C@@H]1Nc1cc(Cl)cc(Cl)c1. The molecular formula is C13H14Cl2N2O. The number of anilines is 1. The zero-order chi connectivity index (χ0) is 12.7. The lowest BCUT2D eigenvalue weighted by atomic mass is 9.93. The van der Waals surface area contributed by atoms with Crippen LogP contribution in [0.25, 0.3) is 0 Å². The van der Waals surface area contributed by atoms with E-state index in [0.29, 0.717) is 21.9 Å². The van der Waals surface area contributed by atoms with Gasteiger partial charge in [0.05, 0.1) is 11.8 Å². The number of hydrogen-bond acceptors (Lipinski definition) is 3. The molecule has 5 heteroatoms. The molecule has 2 saturated carbocycles. The molecular weight excluding hydrogens is 271 g/mol. The third-order valence-corrected chi connectivity index (χ3v) is 4.42. The minimum Gasteiger partial charge on any atom is -0.411 e. The monoisotopic (exact) mass is 284 g/mol. The van der Waals surface area contributed by atoms with Crippen LogP contribution in [0.2, 0.25) is 10.0 Å². The quantitative estimate of drug-likeness (QED) is 0.636. The molecule has 2 aliphatic rings. The van der Waals surface area contributed by atoms with Crippen LogP contribution in [0.15, 0.2) is 23.4 Å². The highest BCUT2D eigenvalue weighted by atomic mass is 35.5. The molecule has 0 radical (unpaired) electrons. The third-order valence-electron chi connectivity index (χ3n) is 3.98. The van der Waals surface area contributed by atoms with E-state index in [1.165, 1.54) is 6.42 Å².